The van der Waals surface area contributed by atoms with Crippen LogP contribution in [-0.4, -0.2) is 78.8 Å². The van der Waals surface area contributed by atoms with Crippen molar-refractivity contribution in [1.82, 2.24) is 35.9 Å². The Kier molecular flexibility index (Phi) is 5.39. The number of hydrogen-bond donors (Lipinski definition) is 4. The van der Waals surface area contributed by atoms with E-state index in [1.165, 1.54) is 19.2 Å². The van der Waals surface area contributed by atoms with Gasteiger partial charge in [0.2, 0.25) is 21.7 Å². The Labute approximate surface area is 198 Å². The Morgan fingerprint density at radius 2 is 1.89 bits per heavy atom. The summed E-state index contributed by atoms with van der Waals surface area (Å²) in [6.07, 6.45) is 0. The Balaban J connectivity index is 1.87. The number of imidazole rings is 1. The number of H-pyrrole nitrogens is 2. The van der Waals surface area contributed by atoms with E-state index in [2.05, 4.69) is 35.9 Å². The Morgan fingerprint density at radius 3 is 2.49 bits per heavy atom. The van der Waals surface area contributed by atoms with Crippen LogP contribution in [0.1, 0.15) is 10.6 Å². The molecule has 1 aliphatic rings. The standard InChI is InChI=1S/C19H18N8O6S2/c1-33-19(28)18-22-12-4-2-3-11(15(12)23-18)10-5-6-13(34(29,30)9-7-21-8-9)16(35(20,31)32)14(10)17-24-26-27-25-17/h2-6,9,21H,7-8H2,1H3,(H,22,23)(H2,20,31,32)(H,24,25,26,27). The number of nitrogens with one attached hydrogen (secondary N) is 3. The predicted octanol–water partition coefficient (Wildman–Crippen LogP) is -0.410. The summed E-state index contributed by atoms with van der Waals surface area (Å²) >= 11 is 0. The second-order valence-corrected chi connectivity index (χ2v) is 11.4. The summed E-state index contributed by atoms with van der Waals surface area (Å²) in [5.74, 6) is -0.959. The van der Waals surface area contributed by atoms with Gasteiger partial charge in [0.25, 0.3) is 0 Å². The summed E-state index contributed by atoms with van der Waals surface area (Å²) in [5, 5.41) is 21.2. The third kappa shape index (κ3) is 3.75. The third-order valence-corrected chi connectivity index (χ3v) is 8.93. The van der Waals surface area contributed by atoms with Gasteiger partial charge in [-0.25, -0.2) is 31.8 Å². The summed E-state index contributed by atoms with van der Waals surface area (Å²) in [6.45, 7) is 0.350. The largest absolute Gasteiger partial charge is 0.463 e. The second kappa shape index (κ2) is 8.19. The summed E-state index contributed by atoms with van der Waals surface area (Å²) in [6, 6.07) is 7.56. The number of aromatic amines is 2. The molecule has 0 unspecified atom stereocenters. The molecule has 2 aromatic carbocycles. The number of esters is 1. The first-order valence-electron chi connectivity index (χ1n) is 10.1. The topological polar surface area (TPSA) is 216 Å². The lowest BCUT2D eigenvalue weighted by atomic mass is 9.98. The molecule has 0 spiro atoms. The van der Waals surface area contributed by atoms with Gasteiger partial charge in [-0.3, -0.25) is 0 Å². The number of primary sulfonamides is 1. The molecule has 0 aliphatic carbocycles. The summed E-state index contributed by atoms with van der Waals surface area (Å²) < 4.78 is 57.0. The molecule has 16 heteroatoms. The SMILES string of the molecule is COC(=O)c1nc2c(-c3ccc(S(=O)(=O)C4CNC4)c(S(N)(=O)=O)c3-c3nn[nH]n3)cccc2[nH]1. The summed E-state index contributed by atoms with van der Waals surface area (Å²) in [4.78, 5) is 18.0. The molecule has 5 N–H and O–H groups in total. The van der Waals surface area contributed by atoms with Gasteiger partial charge in [-0.05, 0) is 22.9 Å². The molecule has 1 fully saturated rings. The molecule has 0 radical (unpaired) electrons. The third-order valence-electron chi connectivity index (χ3n) is 5.65. The van der Waals surface area contributed by atoms with Gasteiger partial charge in [0.15, 0.2) is 9.84 Å². The number of carbonyl (C=O) groups excluding carboxylic acids is 1. The van der Waals surface area contributed by atoms with Crippen LogP contribution in [0.2, 0.25) is 0 Å². The number of rotatable bonds is 6. The van der Waals surface area contributed by atoms with Crippen molar-refractivity contribution in [1.29, 1.82) is 0 Å². The summed E-state index contributed by atoms with van der Waals surface area (Å²) in [5.41, 5.74) is 1.18. The zero-order chi connectivity index (χ0) is 25.0. The molecule has 3 heterocycles. The molecule has 14 nitrogen and oxygen atoms in total. The summed E-state index contributed by atoms with van der Waals surface area (Å²) in [7, 11) is -7.47. The molecule has 0 bridgehead atoms. The molecule has 35 heavy (non-hydrogen) atoms. The molecule has 2 aromatic heterocycles. The Hall–Kier alpha value is -3.73. The van der Waals surface area contributed by atoms with Crippen LogP contribution in [0, 0.1) is 0 Å². The van der Waals surface area contributed by atoms with Crippen molar-refractivity contribution < 1.29 is 26.4 Å². The number of sulfonamides is 1. The minimum Gasteiger partial charge on any atom is -0.463 e. The van der Waals surface area contributed by atoms with E-state index >= 15 is 0 Å². The molecule has 1 aliphatic heterocycles. The van der Waals surface area contributed by atoms with Crippen molar-refractivity contribution in [2.24, 2.45) is 5.14 Å². The van der Waals surface area contributed by atoms with E-state index in [0.29, 0.717) is 16.6 Å². The number of para-hydroxylation sites is 1. The first kappa shape index (κ1) is 23.0. The van der Waals surface area contributed by atoms with Crippen LogP contribution in [0.5, 0.6) is 0 Å². The fraction of sp³-hybridized carbons (Fsp3) is 0.211. The molecule has 182 valence electrons. The smallest absolute Gasteiger partial charge is 0.374 e. The van der Waals surface area contributed by atoms with Gasteiger partial charge < -0.3 is 15.0 Å². The van der Waals surface area contributed by atoms with Crippen molar-refractivity contribution >= 4 is 36.9 Å². The second-order valence-electron chi connectivity index (χ2n) is 7.70. The maximum absolute atomic E-state index is 13.3. The molecule has 0 saturated carbocycles. The lowest BCUT2D eigenvalue weighted by Gasteiger charge is -2.28. The Bertz CT molecular complexity index is 1680. The molecular weight excluding hydrogens is 500 g/mol. The fourth-order valence-corrected chi connectivity index (χ4v) is 7.07. The van der Waals surface area contributed by atoms with Gasteiger partial charge in [0.1, 0.15) is 4.90 Å². The van der Waals surface area contributed by atoms with Gasteiger partial charge in [0.05, 0.1) is 33.9 Å². The van der Waals surface area contributed by atoms with E-state index in [-0.39, 0.29) is 35.9 Å². The number of ether oxygens (including phenoxy) is 1. The highest BCUT2D eigenvalue weighted by Gasteiger charge is 2.39. The van der Waals surface area contributed by atoms with Gasteiger partial charge in [-0.15, -0.1) is 10.2 Å². The zero-order valence-corrected chi connectivity index (χ0v) is 19.6. The van der Waals surface area contributed by atoms with Crippen molar-refractivity contribution in [2.45, 2.75) is 15.0 Å². The molecule has 5 rings (SSSR count). The number of tetrazole rings is 1. The average Bonchev–Trinajstić information content (AvgIpc) is 3.45. The van der Waals surface area contributed by atoms with Crippen molar-refractivity contribution in [3.05, 3.63) is 36.2 Å². The quantitative estimate of drug-likeness (QED) is 0.241. The highest BCUT2D eigenvalue weighted by molar-refractivity contribution is 7.94. The van der Waals surface area contributed by atoms with E-state index in [1.54, 1.807) is 18.2 Å². The van der Waals surface area contributed by atoms with E-state index < -0.39 is 40.9 Å². The van der Waals surface area contributed by atoms with Crippen LogP contribution in [-0.2, 0) is 24.6 Å². The molecule has 4 aromatic rings. The minimum atomic E-state index is -4.61. The molecule has 0 atom stereocenters. The van der Waals surface area contributed by atoms with Crippen LogP contribution in [0.25, 0.3) is 33.5 Å². The van der Waals surface area contributed by atoms with Crippen molar-refractivity contribution in [2.75, 3.05) is 20.2 Å². The number of hydrogen-bond acceptors (Lipinski definition) is 11. The maximum Gasteiger partial charge on any atom is 0.374 e. The number of benzene rings is 2. The number of sulfone groups is 1. The van der Waals surface area contributed by atoms with Gasteiger partial charge in [-0.1, -0.05) is 18.2 Å². The number of aromatic nitrogens is 6. The van der Waals surface area contributed by atoms with Gasteiger partial charge in [0, 0.05) is 18.7 Å². The fourth-order valence-electron chi connectivity index (χ4n) is 3.89. The van der Waals surface area contributed by atoms with Crippen LogP contribution in [0.15, 0.2) is 40.1 Å². The lowest BCUT2D eigenvalue weighted by molar-refractivity contribution is 0.0588. The molecular formula is C19H18N8O6S2. The van der Waals surface area contributed by atoms with Crippen molar-refractivity contribution in [3.8, 4) is 22.5 Å². The monoisotopic (exact) mass is 518 g/mol. The minimum absolute atomic E-state index is 0.0700. The Morgan fingerprint density at radius 1 is 1.11 bits per heavy atom. The van der Waals surface area contributed by atoms with Gasteiger partial charge in [-0.2, -0.15) is 5.21 Å². The first-order valence-corrected chi connectivity index (χ1v) is 13.2. The van der Waals surface area contributed by atoms with Crippen LogP contribution >= 0.6 is 0 Å². The van der Waals surface area contributed by atoms with Crippen LogP contribution < -0.4 is 10.5 Å². The van der Waals surface area contributed by atoms with E-state index in [0.717, 1.165) is 0 Å². The lowest BCUT2D eigenvalue weighted by Crippen LogP contribution is -2.51. The van der Waals surface area contributed by atoms with E-state index in [1.807, 2.05) is 0 Å². The average molecular weight is 519 g/mol. The normalized spacial score (nSPS) is 14.7. The van der Waals surface area contributed by atoms with E-state index in [4.69, 9.17) is 9.88 Å². The number of nitrogens with two attached hydrogens (primary N) is 1. The van der Waals surface area contributed by atoms with Crippen molar-refractivity contribution in [3.63, 3.8) is 0 Å². The number of methoxy groups -OCH3 is 1. The van der Waals surface area contributed by atoms with E-state index in [9.17, 15) is 21.6 Å². The molecule has 0 amide bonds. The van der Waals surface area contributed by atoms with Crippen LogP contribution in [0.4, 0.5) is 0 Å². The first-order chi connectivity index (χ1) is 16.6. The van der Waals surface area contributed by atoms with Crippen LogP contribution in [0.3, 0.4) is 0 Å². The highest BCUT2D eigenvalue weighted by atomic mass is 32.2. The molecule has 1 saturated heterocycles. The number of carbonyl (C=O) groups is 1. The predicted molar refractivity (Wildman–Crippen MR) is 121 cm³/mol. The number of fused-ring (bicyclic) bond motifs is 1. The highest BCUT2D eigenvalue weighted by Crippen LogP contribution is 2.41. The zero-order valence-electron chi connectivity index (χ0n) is 18.0. The maximum atomic E-state index is 13.3. The van der Waals surface area contributed by atoms with Gasteiger partial charge >= 0.3 is 5.97 Å². The number of nitrogens with zero attached hydrogens (tertiary/aromatic N) is 4.